The quantitative estimate of drug-likeness (QED) is 0.293. The summed E-state index contributed by atoms with van der Waals surface area (Å²) in [6.45, 7) is 5.21. The Kier molecular flexibility index (Phi) is 10.3. The van der Waals surface area contributed by atoms with Gasteiger partial charge in [0.1, 0.15) is 11.6 Å². The average molecular weight is 556 g/mol. The number of rotatable bonds is 8. The molecule has 0 spiro atoms. The molecule has 0 radical (unpaired) electrons. The maximum atomic E-state index is 13.1. The van der Waals surface area contributed by atoms with E-state index in [-0.39, 0.29) is 35.9 Å². The molecule has 3 heterocycles. The van der Waals surface area contributed by atoms with Gasteiger partial charge in [0.15, 0.2) is 5.96 Å². The van der Waals surface area contributed by atoms with Crippen molar-refractivity contribution in [3.05, 3.63) is 59.8 Å². The summed E-state index contributed by atoms with van der Waals surface area (Å²) in [5.74, 6) is 1.65. The van der Waals surface area contributed by atoms with Crippen LogP contribution in [-0.4, -0.2) is 55.8 Å². The van der Waals surface area contributed by atoms with E-state index >= 15 is 0 Å². The predicted molar refractivity (Wildman–Crippen MR) is 135 cm³/mol. The van der Waals surface area contributed by atoms with Crippen LogP contribution in [0.1, 0.15) is 37.0 Å². The van der Waals surface area contributed by atoms with E-state index in [1.807, 2.05) is 24.3 Å². The van der Waals surface area contributed by atoms with Crippen LogP contribution in [-0.2, 0) is 17.7 Å². The van der Waals surface area contributed by atoms with Gasteiger partial charge >= 0.3 is 0 Å². The van der Waals surface area contributed by atoms with Crippen LogP contribution >= 0.6 is 24.0 Å². The lowest BCUT2D eigenvalue weighted by Crippen LogP contribution is -2.49. The summed E-state index contributed by atoms with van der Waals surface area (Å²) >= 11 is 0. The largest absolute Gasteiger partial charge is 0.469 e. The first-order valence-corrected chi connectivity index (χ1v) is 11.4. The van der Waals surface area contributed by atoms with E-state index in [0.29, 0.717) is 12.6 Å². The molecule has 4 rings (SSSR count). The minimum atomic E-state index is -0.180. The Labute approximate surface area is 207 Å². The van der Waals surface area contributed by atoms with Crippen molar-refractivity contribution in [2.24, 2.45) is 4.99 Å². The molecule has 6 nitrogen and oxygen atoms in total. The Morgan fingerprint density at radius 2 is 1.94 bits per heavy atom. The molecule has 8 heteroatoms. The van der Waals surface area contributed by atoms with Crippen molar-refractivity contribution in [2.75, 3.05) is 32.8 Å². The highest BCUT2D eigenvalue weighted by Crippen LogP contribution is 2.15. The highest BCUT2D eigenvalue weighted by molar-refractivity contribution is 14.0. The zero-order valence-electron chi connectivity index (χ0n) is 18.5. The maximum absolute atomic E-state index is 13.1. The van der Waals surface area contributed by atoms with Crippen molar-refractivity contribution in [2.45, 2.75) is 50.8 Å². The molecule has 2 saturated heterocycles. The van der Waals surface area contributed by atoms with Crippen LogP contribution in [0.4, 0.5) is 4.39 Å². The number of piperidine rings is 1. The number of furan rings is 1. The normalized spacial score (nSPS) is 20.2. The van der Waals surface area contributed by atoms with Crippen molar-refractivity contribution in [1.29, 1.82) is 0 Å². The minimum absolute atomic E-state index is 0. The Morgan fingerprint density at radius 3 is 2.62 bits per heavy atom. The number of halogens is 2. The predicted octanol–water partition coefficient (Wildman–Crippen LogP) is 3.96. The molecule has 0 bridgehead atoms. The molecule has 0 amide bonds. The molecule has 0 saturated carbocycles. The van der Waals surface area contributed by atoms with E-state index in [9.17, 15) is 4.39 Å². The standard InChI is InChI=1S/C24H33FN4O2.HI/c25-20-7-5-19(6-8-20)18-29-13-10-21(11-14-29)28-24(27-17-23-4-2-16-31-23)26-12-9-22-3-1-15-30-22;/h1,3,5-8,15,21,23H,2,4,9-14,16-18H2,(H2,26,27,28);1H. The van der Waals surface area contributed by atoms with Crippen LogP contribution in [0.3, 0.4) is 0 Å². The third kappa shape index (κ3) is 8.04. The fourth-order valence-corrected chi connectivity index (χ4v) is 4.17. The van der Waals surface area contributed by atoms with E-state index in [1.54, 1.807) is 6.26 Å². The van der Waals surface area contributed by atoms with Crippen LogP contribution in [0.5, 0.6) is 0 Å². The molecule has 1 aromatic heterocycles. The molecule has 2 N–H and O–H groups in total. The van der Waals surface area contributed by atoms with E-state index in [2.05, 4.69) is 15.5 Å². The third-order valence-electron chi connectivity index (χ3n) is 5.97. The average Bonchev–Trinajstić information content (AvgIpc) is 3.49. The lowest BCUT2D eigenvalue weighted by atomic mass is 10.0. The zero-order valence-corrected chi connectivity index (χ0v) is 20.8. The van der Waals surface area contributed by atoms with Crippen LogP contribution in [0.15, 0.2) is 52.1 Å². The van der Waals surface area contributed by atoms with Gasteiger partial charge in [0, 0.05) is 45.2 Å². The Morgan fingerprint density at radius 1 is 1.12 bits per heavy atom. The zero-order chi connectivity index (χ0) is 21.3. The molecule has 1 aromatic carbocycles. The second-order valence-corrected chi connectivity index (χ2v) is 8.40. The number of ether oxygens (including phenoxy) is 1. The minimum Gasteiger partial charge on any atom is -0.469 e. The SMILES string of the molecule is Fc1ccc(CN2CCC(NC(=NCC3CCCO3)NCCc3ccco3)CC2)cc1.I. The molecule has 2 aromatic rings. The van der Waals surface area contributed by atoms with E-state index < -0.39 is 0 Å². The molecular weight excluding hydrogens is 522 g/mol. The summed E-state index contributed by atoms with van der Waals surface area (Å²) in [5, 5.41) is 7.09. The molecule has 0 aliphatic carbocycles. The van der Waals surface area contributed by atoms with Crippen LogP contribution in [0, 0.1) is 5.82 Å². The van der Waals surface area contributed by atoms with Gasteiger partial charge in [0.2, 0.25) is 0 Å². The number of guanidine groups is 1. The van der Waals surface area contributed by atoms with Crippen LogP contribution < -0.4 is 10.6 Å². The molecule has 1 atom stereocenters. The molecule has 32 heavy (non-hydrogen) atoms. The molecule has 2 aliphatic heterocycles. The molecule has 2 fully saturated rings. The monoisotopic (exact) mass is 556 g/mol. The molecule has 1 unspecified atom stereocenters. The first-order valence-electron chi connectivity index (χ1n) is 11.4. The summed E-state index contributed by atoms with van der Waals surface area (Å²) in [7, 11) is 0. The summed E-state index contributed by atoms with van der Waals surface area (Å²) in [6.07, 6.45) is 7.09. The number of hydrogen-bond donors (Lipinski definition) is 2. The van der Waals surface area contributed by atoms with E-state index in [0.717, 1.165) is 82.2 Å². The number of nitrogens with one attached hydrogen (secondary N) is 2. The van der Waals surface area contributed by atoms with Gasteiger partial charge in [0.25, 0.3) is 0 Å². The van der Waals surface area contributed by atoms with Crippen molar-refractivity contribution >= 4 is 29.9 Å². The van der Waals surface area contributed by atoms with E-state index in [4.69, 9.17) is 14.1 Å². The second-order valence-electron chi connectivity index (χ2n) is 8.40. The highest BCUT2D eigenvalue weighted by Gasteiger charge is 2.21. The first kappa shape index (κ1) is 25.0. The molecular formula is C24H34FIN4O2. The second kappa shape index (κ2) is 13.2. The van der Waals surface area contributed by atoms with Gasteiger partial charge in [-0.2, -0.15) is 0 Å². The fraction of sp³-hybridized carbons (Fsp3) is 0.542. The summed E-state index contributed by atoms with van der Waals surface area (Å²) < 4.78 is 24.3. The van der Waals surface area contributed by atoms with Crippen molar-refractivity contribution in [3.63, 3.8) is 0 Å². The summed E-state index contributed by atoms with van der Waals surface area (Å²) in [6, 6.07) is 11.1. The number of nitrogens with zero attached hydrogens (tertiary/aromatic N) is 2. The Hall–Kier alpha value is -1.65. The fourth-order valence-electron chi connectivity index (χ4n) is 4.17. The smallest absolute Gasteiger partial charge is 0.191 e. The summed E-state index contributed by atoms with van der Waals surface area (Å²) in [5.41, 5.74) is 1.16. The van der Waals surface area contributed by atoms with Gasteiger partial charge in [-0.25, -0.2) is 4.39 Å². The van der Waals surface area contributed by atoms with Gasteiger partial charge in [-0.05, 0) is 55.5 Å². The van der Waals surface area contributed by atoms with Crippen LogP contribution in [0.25, 0.3) is 0 Å². The van der Waals surface area contributed by atoms with Gasteiger partial charge in [-0.1, -0.05) is 12.1 Å². The first-order chi connectivity index (χ1) is 15.2. The van der Waals surface area contributed by atoms with Gasteiger partial charge in [0.05, 0.1) is 18.9 Å². The molecule has 176 valence electrons. The third-order valence-corrected chi connectivity index (χ3v) is 5.97. The number of hydrogen-bond acceptors (Lipinski definition) is 4. The van der Waals surface area contributed by atoms with Crippen LogP contribution in [0.2, 0.25) is 0 Å². The lowest BCUT2D eigenvalue weighted by Gasteiger charge is -2.33. The highest BCUT2D eigenvalue weighted by atomic mass is 127. The van der Waals surface area contributed by atoms with Gasteiger partial charge in [-0.15, -0.1) is 24.0 Å². The number of likely N-dealkylation sites (tertiary alicyclic amines) is 1. The number of aliphatic imine (C=N–C) groups is 1. The Balaban J connectivity index is 0.00000289. The maximum Gasteiger partial charge on any atom is 0.191 e. The van der Waals surface area contributed by atoms with Gasteiger partial charge in [-0.3, -0.25) is 9.89 Å². The number of benzene rings is 1. The Bertz CT molecular complexity index is 802. The summed E-state index contributed by atoms with van der Waals surface area (Å²) in [4.78, 5) is 7.23. The molecule has 2 aliphatic rings. The van der Waals surface area contributed by atoms with Crippen molar-refractivity contribution in [3.8, 4) is 0 Å². The lowest BCUT2D eigenvalue weighted by molar-refractivity contribution is 0.117. The topological polar surface area (TPSA) is 62.0 Å². The van der Waals surface area contributed by atoms with Crippen molar-refractivity contribution in [1.82, 2.24) is 15.5 Å². The van der Waals surface area contributed by atoms with Crippen molar-refractivity contribution < 1.29 is 13.5 Å². The van der Waals surface area contributed by atoms with Gasteiger partial charge < -0.3 is 19.8 Å². The van der Waals surface area contributed by atoms with E-state index in [1.165, 1.54) is 12.1 Å².